The molecule has 0 amide bonds. The molecule has 78 valence electrons. The lowest BCUT2D eigenvalue weighted by Crippen LogP contribution is -2.00. The van der Waals surface area contributed by atoms with E-state index in [9.17, 15) is 8.42 Å². The Morgan fingerprint density at radius 3 is 2.47 bits per heavy atom. The average molecular weight is 222 g/mol. The highest BCUT2D eigenvalue weighted by Gasteiger charge is 2.14. The van der Waals surface area contributed by atoms with E-state index in [2.05, 4.69) is 0 Å². The number of allylic oxidation sites excluding steroid dienone is 2. The van der Waals surface area contributed by atoms with E-state index in [0.717, 1.165) is 11.1 Å². The van der Waals surface area contributed by atoms with Gasteiger partial charge in [0.2, 0.25) is 0 Å². The Balaban J connectivity index is 2.59. The minimum Gasteiger partial charge on any atom is -0.282 e. The largest absolute Gasteiger partial charge is 0.290 e. The molecule has 1 N–H and O–H groups in total. The van der Waals surface area contributed by atoms with Crippen molar-refractivity contribution < 1.29 is 13.0 Å². The topological polar surface area (TPSA) is 54.4 Å². The molecule has 3 nitrogen and oxygen atoms in total. The lowest BCUT2D eigenvalue weighted by molar-refractivity contribution is 0.490. The summed E-state index contributed by atoms with van der Waals surface area (Å²) in [5.74, 6) is 0. The first kappa shape index (κ1) is 10.1. The van der Waals surface area contributed by atoms with E-state index in [1.165, 1.54) is 6.08 Å². The van der Waals surface area contributed by atoms with Crippen molar-refractivity contribution in [3.05, 3.63) is 46.4 Å². The highest BCUT2D eigenvalue weighted by molar-refractivity contribution is 7.90. The minimum atomic E-state index is -4.08. The molecule has 0 unspecified atom stereocenters. The molecule has 4 heteroatoms. The quantitative estimate of drug-likeness (QED) is 0.742. The van der Waals surface area contributed by atoms with Crippen molar-refractivity contribution in [2.45, 2.75) is 6.42 Å². The summed E-state index contributed by atoms with van der Waals surface area (Å²) in [6, 6.07) is 7.43. The van der Waals surface area contributed by atoms with Gasteiger partial charge >= 0.3 is 0 Å². The van der Waals surface area contributed by atoms with E-state index in [1.807, 2.05) is 30.3 Å². The zero-order chi connectivity index (χ0) is 10.9. The minimum absolute atomic E-state index is 0.0312. The summed E-state index contributed by atoms with van der Waals surface area (Å²) in [4.78, 5) is 0.0312. The van der Waals surface area contributed by atoms with Crippen LogP contribution in [0.5, 0.6) is 0 Å². The van der Waals surface area contributed by atoms with E-state index >= 15 is 0 Å². The fraction of sp³-hybridized carbons (Fsp3) is 0.0909. The van der Waals surface area contributed by atoms with Gasteiger partial charge in [-0.15, -0.1) is 0 Å². The SMILES string of the molecule is O=S(=O)(O)C1=Cc2ccccc2C=CC1. The molecule has 0 saturated heterocycles. The van der Waals surface area contributed by atoms with Crippen molar-refractivity contribution >= 4 is 22.3 Å². The van der Waals surface area contributed by atoms with E-state index < -0.39 is 10.1 Å². The fourth-order valence-electron chi connectivity index (χ4n) is 1.51. The predicted molar refractivity (Wildman–Crippen MR) is 59.6 cm³/mol. The zero-order valence-electron chi connectivity index (χ0n) is 7.92. The molecule has 1 aliphatic rings. The molecule has 0 radical (unpaired) electrons. The highest BCUT2D eigenvalue weighted by Crippen LogP contribution is 2.23. The molecule has 0 fully saturated rings. The van der Waals surface area contributed by atoms with Crippen molar-refractivity contribution in [2.24, 2.45) is 0 Å². The van der Waals surface area contributed by atoms with Crippen LogP contribution < -0.4 is 0 Å². The summed E-state index contributed by atoms with van der Waals surface area (Å²) in [7, 11) is -4.08. The molecule has 1 aliphatic carbocycles. The van der Waals surface area contributed by atoms with Crippen molar-refractivity contribution in [3.8, 4) is 0 Å². The molecule has 1 aromatic rings. The molecular weight excluding hydrogens is 212 g/mol. The monoisotopic (exact) mass is 222 g/mol. The van der Waals surface area contributed by atoms with Crippen LogP contribution in [-0.2, 0) is 10.1 Å². The Hall–Kier alpha value is -1.39. The third-order valence-corrected chi connectivity index (χ3v) is 3.21. The lowest BCUT2D eigenvalue weighted by Gasteiger charge is -2.00. The van der Waals surface area contributed by atoms with Crippen molar-refractivity contribution in [1.29, 1.82) is 0 Å². The standard InChI is InChI=1S/C11H10O3S/c12-15(13,14)11-7-3-6-9-4-1-2-5-10(9)8-11/h1-6,8H,7H2,(H,12,13,14). The number of rotatable bonds is 1. The van der Waals surface area contributed by atoms with Crippen molar-refractivity contribution in [2.75, 3.05) is 0 Å². The van der Waals surface area contributed by atoms with Crippen LogP contribution in [0.1, 0.15) is 17.5 Å². The van der Waals surface area contributed by atoms with Gasteiger partial charge < -0.3 is 0 Å². The van der Waals surface area contributed by atoms with Gasteiger partial charge in [0.05, 0.1) is 4.91 Å². The average Bonchev–Trinajstić information content (AvgIpc) is 2.38. The molecule has 15 heavy (non-hydrogen) atoms. The van der Waals surface area contributed by atoms with E-state index in [1.54, 1.807) is 6.08 Å². The van der Waals surface area contributed by atoms with Crippen LogP contribution in [-0.4, -0.2) is 13.0 Å². The van der Waals surface area contributed by atoms with E-state index in [-0.39, 0.29) is 11.3 Å². The van der Waals surface area contributed by atoms with Crippen LogP contribution in [0, 0.1) is 0 Å². The normalized spacial score (nSPS) is 15.4. The van der Waals surface area contributed by atoms with Crippen molar-refractivity contribution in [3.63, 3.8) is 0 Å². The van der Waals surface area contributed by atoms with Crippen LogP contribution in [0.3, 0.4) is 0 Å². The molecule has 0 saturated carbocycles. The van der Waals surface area contributed by atoms with Gasteiger partial charge in [-0.25, -0.2) is 0 Å². The lowest BCUT2D eigenvalue weighted by atomic mass is 10.1. The molecule has 0 spiro atoms. The summed E-state index contributed by atoms with van der Waals surface area (Å²) < 4.78 is 31.0. The zero-order valence-corrected chi connectivity index (χ0v) is 8.74. The number of benzene rings is 1. The Morgan fingerprint density at radius 1 is 1.13 bits per heavy atom. The van der Waals surface area contributed by atoms with Crippen molar-refractivity contribution in [1.82, 2.24) is 0 Å². The van der Waals surface area contributed by atoms with Crippen LogP contribution in [0.2, 0.25) is 0 Å². The number of fused-ring (bicyclic) bond motifs is 1. The highest BCUT2D eigenvalue weighted by atomic mass is 32.2. The third-order valence-electron chi connectivity index (χ3n) is 2.26. The number of hydrogen-bond acceptors (Lipinski definition) is 2. The van der Waals surface area contributed by atoms with Crippen LogP contribution in [0.25, 0.3) is 12.2 Å². The molecule has 2 rings (SSSR count). The van der Waals surface area contributed by atoms with Gasteiger partial charge in [0.15, 0.2) is 0 Å². The fourth-order valence-corrected chi connectivity index (χ4v) is 2.09. The first-order valence-electron chi connectivity index (χ1n) is 4.51. The Kier molecular flexibility index (Phi) is 2.46. The molecular formula is C11H10O3S. The van der Waals surface area contributed by atoms with Crippen LogP contribution >= 0.6 is 0 Å². The molecule has 0 aromatic heterocycles. The first-order valence-corrected chi connectivity index (χ1v) is 5.95. The van der Waals surface area contributed by atoms with E-state index in [0.29, 0.717) is 0 Å². The summed E-state index contributed by atoms with van der Waals surface area (Å²) in [5.41, 5.74) is 1.76. The predicted octanol–water partition coefficient (Wildman–Crippen LogP) is 2.33. The summed E-state index contributed by atoms with van der Waals surface area (Å²) in [5, 5.41) is 0. The van der Waals surface area contributed by atoms with Gasteiger partial charge in [-0.3, -0.25) is 4.55 Å². The maximum absolute atomic E-state index is 11.0. The maximum Gasteiger partial charge on any atom is 0.290 e. The molecule has 0 bridgehead atoms. The van der Waals surface area contributed by atoms with Gasteiger partial charge in [0, 0.05) is 6.42 Å². The Labute approximate surface area is 88.5 Å². The van der Waals surface area contributed by atoms with Gasteiger partial charge in [-0.1, -0.05) is 36.4 Å². The van der Waals surface area contributed by atoms with Gasteiger partial charge in [0.1, 0.15) is 0 Å². The maximum atomic E-state index is 11.0. The first-order chi connectivity index (χ1) is 7.07. The second kappa shape index (κ2) is 3.64. The van der Waals surface area contributed by atoms with Gasteiger partial charge in [-0.05, 0) is 17.2 Å². The summed E-state index contributed by atoms with van der Waals surface area (Å²) in [6.07, 6.45) is 5.31. The second-order valence-electron chi connectivity index (χ2n) is 3.32. The van der Waals surface area contributed by atoms with Gasteiger partial charge in [-0.2, -0.15) is 8.42 Å². The van der Waals surface area contributed by atoms with Crippen LogP contribution in [0.15, 0.2) is 35.2 Å². The van der Waals surface area contributed by atoms with Gasteiger partial charge in [0.25, 0.3) is 10.1 Å². The summed E-state index contributed by atoms with van der Waals surface area (Å²) in [6.45, 7) is 0. The Morgan fingerprint density at radius 2 is 1.80 bits per heavy atom. The smallest absolute Gasteiger partial charge is 0.282 e. The third kappa shape index (κ3) is 2.16. The Bertz CT molecular complexity index is 539. The molecule has 1 aromatic carbocycles. The van der Waals surface area contributed by atoms with E-state index in [4.69, 9.17) is 4.55 Å². The molecule has 0 aliphatic heterocycles. The molecule has 0 atom stereocenters. The second-order valence-corrected chi connectivity index (χ2v) is 4.80. The molecule has 0 heterocycles. The number of hydrogen-bond donors (Lipinski definition) is 1. The summed E-state index contributed by atoms with van der Waals surface area (Å²) >= 11 is 0. The van der Waals surface area contributed by atoms with Crippen LogP contribution in [0.4, 0.5) is 0 Å².